The number of rotatable bonds is 1. The summed E-state index contributed by atoms with van der Waals surface area (Å²) >= 11 is 0. The van der Waals surface area contributed by atoms with E-state index in [-0.39, 0.29) is 11.5 Å². The molecule has 1 heterocycles. The molecule has 0 spiro atoms. The van der Waals surface area contributed by atoms with E-state index in [4.69, 9.17) is 4.55 Å². The van der Waals surface area contributed by atoms with Crippen LogP contribution in [0.1, 0.15) is 19.8 Å². The monoisotopic (exact) mass is 175 g/mol. The maximum atomic E-state index is 10.5. The van der Waals surface area contributed by atoms with Crippen LogP contribution in [0.3, 0.4) is 0 Å². The summed E-state index contributed by atoms with van der Waals surface area (Å²) in [5.74, 6) is 0. The van der Waals surface area contributed by atoms with E-state index in [0.717, 1.165) is 5.70 Å². The Morgan fingerprint density at radius 1 is 1.73 bits per heavy atom. The molecule has 0 radical (unpaired) electrons. The van der Waals surface area contributed by atoms with Crippen molar-refractivity contribution in [2.24, 2.45) is 4.99 Å². The number of hydrogen-bond acceptors (Lipinski definition) is 3. The van der Waals surface area contributed by atoms with Crippen LogP contribution in [0.25, 0.3) is 0 Å². The first kappa shape index (κ1) is 8.42. The molecule has 11 heavy (non-hydrogen) atoms. The van der Waals surface area contributed by atoms with E-state index in [0.29, 0.717) is 6.42 Å². The fourth-order valence-electron chi connectivity index (χ4n) is 0.843. The topological polar surface area (TPSA) is 66.7 Å². The second kappa shape index (κ2) is 2.75. The Hall–Kier alpha value is -0.680. The molecule has 0 aliphatic carbocycles. The fraction of sp³-hybridized carbons (Fsp3) is 0.500. The highest BCUT2D eigenvalue weighted by Gasteiger charge is 2.18. The van der Waals surface area contributed by atoms with Gasteiger partial charge in [-0.15, -0.1) is 0 Å². The SMILES string of the molecule is CCC1=CCC(S(=O)(=O)O)=N1. The molecule has 4 nitrogen and oxygen atoms in total. The van der Waals surface area contributed by atoms with Crippen molar-refractivity contribution < 1.29 is 13.0 Å². The minimum Gasteiger partial charge on any atom is -0.281 e. The van der Waals surface area contributed by atoms with E-state index in [1.165, 1.54) is 0 Å². The molecule has 1 aliphatic heterocycles. The van der Waals surface area contributed by atoms with Crippen molar-refractivity contribution in [3.8, 4) is 0 Å². The Labute approximate surface area is 65.4 Å². The predicted molar refractivity (Wildman–Crippen MR) is 42.0 cm³/mol. The van der Waals surface area contributed by atoms with Crippen LogP contribution in [-0.2, 0) is 10.1 Å². The van der Waals surface area contributed by atoms with Crippen LogP contribution in [-0.4, -0.2) is 18.0 Å². The fourth-order valence-corrected chi connectivity index (χ4v) is 1.37. The first-order chi connectivity index (χ1) is 5.04. The second-order valence-corrected chi connectivity index (χ2v) is 3.66. The van der Waals surface area contributed by atoms with Crippen LogP contribution >= 0.6 is 0 Å². The largest absolute Gasteiger partial charge is 0.308 e. The van der Waals surface area contributed by atoms with E-state index in [1.807, 2.05) is 6.92 Å². The van der Waals surface area contributed by atoms with Gasteiger partial charge >= 0.3 is 10.1 Å². The molecule has 0 atom stereocenters. The zero-order chi connectivity index (χ0) is 8.48. The molecular weight excluding hydrogens is 166 g/mol. The lowest BCUT2D eigenvalue weighted by Crippen LogP contribution is -2.10. The number of aliphatic imine (C=N–C) groups is 1. The van der Waals surface area contributed by atoms with E-state index >= 15 is 0 Å². The molecule has 0 aromatic heterocycles. The minimum atomic E-state index is -4.05. The van der Waals surface area contributed by atoms with Gasteiger partial charge in [0, 0.05) is 12.1 Å². The van der Waals surface area contributed by atoms with Crippen LogP contribution < -0.4 is 0 Å². The lowest BCUT2D eigenvalue weighted by molar-refractivity contribution is 0.497. The Kier molecular flexibility index (Phi) is 2.10. The molecule has 0 unspecified atom stereocenters. The van der Waals surface area contributed by atoms with Crippen LogP contribution in [0.2, 0.25) is 0 Å². The summed E-state index contributed by atoms with van der Waals surface area (Å²) in [6.07, 6.45) is 2.62. The van der Waals surface area contributed by atoms with Gasteiger partial charge in [0.2, 0.25) is 0 Å². The summed E-state index contributed by atoms with van der Waals surface area (Å²) in [4.78, 5) is 3.72. The van der Waals surface area contributed by atoms with Crippen molar-refractivity contribution in [3.05, 3.63) is 11.8 Å². The minimum absolute atomic E-state index is 0.144. The van der Waals surface area contributed by atoms with Crippen LogP contribution in [0.15, 0.2) is 16.8 Å². The van der Waals surface area contributed by atoms with Crippen molar-refractivity contribution in [2.75, 3.05) is 0 Å². The average molecular weight is 175 g/mol. The second-order valence-electron chi connectivity index (χ2n) is 2.23. The third-order valence-corrected chi connectivity index (χ3v) is 2.29. The van der Waals surface area contributed by atoms with Gasteiger partial charge in [0.25, 0.3) is 0 Å². The Balaban J connectivity index is 2.86. The Bertz CT molecular complexity index is 313. The lowest BCUT2D eigenvalue weighted by Gasteiger charge is -1.91. The molecular formula is C6H9NO3S. The van der Waals surface area contributed by atoms with Crippen molar-refractivity contribution >= 4 is 15.2 Å². The first-order valence-corrected chi connectivity index (χ1v) is 4.72. The number of hydrogen-bond donors (Lipinski definition) is 1. The Morgan fingerprint density at radius 2 is 2.36 bits per heavy atom. The quantitative estimate of drug-likeness (QED) is 0.604. The van der Waals surface area contributed by atoms with Crippen LogP contribution in [0.4, 0.5) is 0 Å². The molecule has 1 rings (SSSR count). The highest BCUT2D eigenvalue weighted by Crippen LogP contribution is 2.15. The summed E-state index contributed by atoms with van der Waals surface area (Å²) in [6.45, 7) is 1.88. The summed E-state index contributed by atoms with van der Waals surface area (Å²) in [5, 5.41) is -0.144. The molecule has 5 heteroatoms. The van der Waals surface area contributed by atoms with E-state index in [9.17, 15) is 8.42 Å². The number of allylic oxidation sites excluding steroid dienone is 2. The predicted octanol–water partition coefficient (Wildman–Crippen LogP) is 0.970. The molecule has 0 aromatic rings. The van der Waals surface area contributed by atoms with Crippen LogP contribution in [0.5, 0.6) is 0 Å². The molecule has 0 saturated heterocycles. The highest BCUT2D eigenvalue weighted by molar-refractivity contribution is 8.01. The van der Waals surface area contributed by atoms with Gasteiger partial charge in [-0.2, -0.15) is 8.42 Å². The van der Waals surface area contributed by atoms with Crippen molar-refractivity contribution in [2.45, 2.75) is 19.8 Å². The third-order valence-electron chi connectivity index (χ3n) is 1.44. The van der Waals surface area contributed by atoms with E-state index in [1.54, 1.807) is 6.08 Å². The molecule has 1 aliphatic rings. The van der Waals surface area contributed by atoms with Crippen molar-refractivity contribution in [1.29, 1.82) is 0 Å². The molecule has 0 saturated carbocycles. The summed E-state index contributed by atoms with van der Waals surface area (Å²) in [5.41, 5.74) is 0.720. The van der Waals surface area contributed by atoms with Gasteiger partial charge in [-0.05, 0) is 6.42 Å². The van der Waals surface area contributed by atoms with E-state index < -0.39 is 10.1 Å². The van der Waals surface area contributed by atoms with Crippen LogP contribution in [0, 0.1) is 0 Å². The normalized spacial score (nSPS) is 18.0. The Morgan fingerprint density at radius 3 is 2.64 bits per heavy atom. The summed E-state index contributed by atoms with van der Waals surface area (Å²) in [6, 6.07) is 0. The molecule has 0 amide bonds. The summed E-state index contributed by atoms with van der Waals surface area (Å²) < 4.78 is 29.5. The van der Waals surface area contributed by atoms with Gasteiger partial charge in [-0.25, -0.2) is 4.99 Å². The van der Waals surface area contributed by atoms with E-state index in [2.05, 4.69) is 4.99 Å². The maximum Gasteiger partial charge on any atom is 0.308 e. The smallest absolute Gasteiger partial charge is 0.281 e. The van der Waals surface area contributed by atoms with Crippen molar-refractivity contribution in [1.82, 2.24) is 0 Å². The van der Waals surface area contributed by atoms with Gasteiger partial charge in [0.1, 0.15) is 0 Å². The van der Waals surface area contributed by atoms with Gasteiger partial charge in [0.15, 0.2) is 5.04 Å². The van der Waals surface area contributed by atoms with Gasteiger partial charge < -0.3 is 0 Å². The standard InChI is InChI=1S/C6H9NO3S/c1-2-5-3-4-6(7-5)11(8,9)10/h3H,2,4H2,1H3,(H,8,9,10). The lowest BCUT2D eigenvalue weighted by atomic mass is 10.3. The van der Waals surface area contributed by atoms with Crippen molar-refractivity contribution in [3.63, 3.8) is 0 Å². The third kappa shape index (κ3) is 1.87. The maximum absolute atomic E-state index is 10.5. The molecule has 62 valence electrons. The zero-order valence-corrected chi connectivity index (χ0v) is 6.93. The average Bonchev–Trinajstić information content (AvgIpc) is 2.32. The van der Waals surface area contributed by atoms with Gasteiger partial charge in [-0.3, -0.25) is 4.55 Å². The zero-order valence-electron chi connectivity index (χ0n) is 6.11. The molecule has 1 N–H and O–H groups in total. The van der Waals surface area contributed by atoms with Gasteiger partial charge in [-0.1, -0.05) is 13.0 Å². The number of nitrogens with zero attached hydrogens (tertiary/aromatic N) is 1. The molecule has 0 fully saturated rings. The molecule has 0 bridgehead atoms. The first-order valence-electron chi connectivity index (χ1n) is 3.28. The summed E-state index contributed by atoms with van der Waals surface area (Å²) in [7, 11) is -4.05. The molecule has 0 aromatic carbocycles. The highest BCUT2D eigenvalue weighted by atomic mass is 32.2. The van der Waals surface area contributed by atoms with Gasteiger partial charge in [0.05, 0.1) is 0 Å².